The van der Waals surface area contributed by atoms with Crippen molar-refractivity contribution in [1.29, 1.82) is 21.0 Å². The maximum absolute atomic E-state index is 8.76. The van der Waals surface area contributed by atoms with E-state index in [-0.39, 0.29) is 0 Å². The molecule has 0 aromatic rings. The molecule has 0 aliphatic rings. The van der Waals surface area contributed by atoms with Crippen LogP contribution in [0.3, 0.4) is 0 Å². The summed E-state index contributed by atoms with van der Waals surface area (Å²) in [6.07, 6.45) is 0. The zero-order valence-electron chi connectivity index (χ0n) is 5.68. The minimum absolute atomic E-state index is 0.879. The Bertz CT molecular complexity index is 310. The largest absolute Gasteiger partial charge is 0.351 e. The highest BCUT2D eigenvalue weighted by molar-refractivity contribution is 5.34. The van der Waals surface area contributed by atoms with Gasteiger partial charge in [0.2, 0.25) is 0 Å². The van der Waals surface area contributed by atoms with Gasteiger partial charge in [0.25, 0.3) is 5.41 Å². The molecule has 0 unspecified atom stereocenters. The Morgan fingerprint density at radius 2 is 1.08 bits per heavy atom. The van der Waals surface area contributed by atoms with Gasteiger partial charge in [0.05, 0.1) is 0 Å². The standard InChI is InChI=1S/C6H2N4O2/c7-1-5(2-8,3-9)6(11,12)4-10/h11-12H. The predicted molar refractivity (Wildman–Crippen MR) is 32.1 cm³/mol. The maximum Gasteiger partial charge on any atom is 0.301 e. The average molecular weight is 162 g/mol. The van der Waals surface area contributed by atoms with Crippen molar-refractivity contribution in [2.45, 2.75) is 5.79 Å². The van der Waals surface area contributed by atoms with E-state index in [1.165, 1.54) is 0 Å². The normalized spacial score (nSPS) is 10.2. The molecule has 6 nitrogen and oxygen atoms in total. The zero-order valence-corrected chi connectivity index (χ0v) is 5.68. The highest BCUT2D eigenvalue weighted by Crippen LogP contribution is 2.26. The predicted octanol–water partition coefficient (Wildman–Crippen LogP) is -1.25. The molecular formula is C6H2N4O2. The van der Waals surface area contributed by atoms with Crippen LogP contribution in [0.2, 0.25) is 0 Å². The summed E-state index contributed by atoms with van der Waals surface area (Å²) in [6, 6.07) is 4.06. The van der Waals surface area contributed by atoms with Gasteiger partial charge in [-0.25, -0.2) is 0 Å². The summed E-state index contributed by atoms with van der Waals surface area (Å²) in [5, 5.41) is 50.5. The Morgan fingerprint density at radius 3 is 1.17 bits per heavy atom. The van der Waals surface area contributed by atoms with E-state index in [0.29, 0.717) is 0 Å². The molecule has 0 fully saturated rings. The van der Waals surface area contributed by atoms with Crippen molar-refractivity contribution in [2.75, 3.05) is 0 Å². The fourth-order valence-corrected chi connectivity index (χ4v) is 0.393. The molecule has 0 aliphatic carbocycles. The van der Waals surface area contributed by atoms with Gasteiger partial charge < -0.3 is 10.2 Å². The monoisotopic (exact) mass is 162 g/mol. The summed E-state index contributed by atoms with van der Waals surface area (Å²) in [6.45, 7) is 0. The van der Waals surface area contributed by atoms with E-state index in [1.807, 2.05) is 0 Å². The van der Waals surface area contributed by atoms with E-state index < -0.39 is 11.2 Å². The number of rotatable bonds is 1. The topological polar surface area (TPSA) is 136 Å². The van der Waals surface area contributed by atoms with Crippen molar-refractivity contribution in [3.63, 3.8) is 0 Å². The second-order valence-corrected chi connectivity index (χ2v) is 1.87. The van der Waals surface area contributed by atoms with Gasteiger partial charge in [0.15, 0.2) is 0 Å². The summed E-state index contributed by atoms with van der Waals surface area (Å²) < 4.78 is 0. The number of hydrogen-bond donors (Lipinski definition) is 2. The number of aliphatic hydroxyl groups is 2. The lowest BCUT2D eigenvalue weighted by Crippen LogP contribution is -2.44. The molecule has 0 heterocycles. The molecule has 58 valence electrons. The third kappa shape index (κ3) is 1.05. The van der Waals surface area contributed by atoms with Crippen LogP contribution in [0.4, 0.5) is 0 Å². The lowest BCUT2D eigenvalue weighted by Gasteiger charge is -2.19. The Kier molecular flexibility index (Phi) is 2.36. The van der Waals surface area contributed by atoms with Crippen LogP contribution in [0.25, 0.3) is 0 Å². The van der Waals surface area contributed by atoms with Gasteiger partial charge >= 0.3 is 5.79 Å². The van der Waals surface area contributed by atoms with Crippen LogP contribution in [-0.4, -0.2) is 16.0 Å². The van der Waals surface area contributed by atoms with Gasteiger partial charge in [-0.3, -0.25) is 0 Å². The molecule has 0 spiro atoms. The lowest BCUT2D eigenvalue weighted by molar-refractivity contribution is -0.145. The van der Waals surface area contributed by atoms with Crippen LogP contribution in [0.1, 0.15) is 0 Å². The van der Waals surface area contributed by atoms with Crippen molar-refractivity contribution in [2.24, 2.45) is 5.41 Å². The Hall–Kier alpha value is -2.12. The molecule has 0 radical (unpaired) electrons. The van der Waals surface area contributed by atoms with Gasteiger partial charge in [0.1, 0.15) is 24.3 Å². The van der Waals surface area contributed by atoms with Gasteiger partial charge in [-0.15, -0.1) is 0 Å². The zero-order chi connectivity index (χ0) is 9.83. The molecule has 0 bridgehead atoms. The first-order valence-corrected chi connectivity index (χ1v) is 2.59. The second-order valence-electron chi connectivity index (χ2n) is 1.87. The Morgan fingerprint density at radius 1 is 0.750 bits per heavy atom. The maximum atomic E-state index is 8.76. The fraction of sp³-hybridized carbons (Fsp3) is 0.333. The van der Waals surface area contributed by atoms with Gasteiger partial charge in [-0.05, 0) is 0 Å². The highest BCUT2D eigenvalue weighted by Gasteiger charge is 2.53. The first kappa shape index (κ1) is 9.88. The molecule has 0 rings (SSSR count). The molecule has 0 atom stereocenters. The van der Waals surface area contributed by atoms with E-state index >= 15 is 0 Å². The summed E-state index contributed by atoms with van der Waals surface area (Å²) in [5.74, 6) is -3.27. The molecular weight excluding hydrogens is 160 g/mol. The summed E-state index contributed by atoms with van der Waals surface area (Å²) in [7, 11) is 0. The summed E-state index contributed by atoms with van der Waals surface area (Å²) in [5.41, 5.74) is -2.76. The van der Waals surface area contributed by atoms with Crippen molar-refractivity contribution < 1.29 is 10.2 Å². The average Bonchev–Trinajstić information content (AvgIpc) is 2.08. The Balaban J connectivity index is 5.42. The molecule has 0 aliphatic heterocycles. The van der Waals surface area contributed by atoms with Gasteiger partial charge in [-0.2, -0.15) is 21.0 Å². The van der Waals surface area contributed by atoms with E-state index in [4.69, 9.17) is 31.3 Å². The minimum atomic E-state index is -3.27. The van der Waals surface area contributed by atoms with Crippen molar-refractivity contribution >= 4 is 0 Å². The van der Waals surface area contributed by atoms with Gasteiger partial charge in [-0.1, -0.05) is 0 Å². The molecule has 12 heavy (non-hydrogen) atoms. The third-order valence-electron chi connectivity index (χ3n) is 1.18. The molecule has 6 heteroatoms. The molecule has 0 aromatic carbocycles. The van der Waals surface area contributed by atoms with Crippen LogP contribution in [0.5, 0.6) is 0 Å². The number of hydrogen-bond acceptors (Lipinski definition) is 6. The fourth-order valence-electron chi connectivity index (χ4n) is 0.393. The smallest absolute Gasteiger partial charge is 0.301 e. The van der Waals surface area contributed by atoms with Crippen LogP contribution < -0.4 is 0 Å². The molecule has 0 amide bonds. The van der Waals surface area contributed by atoms with Crippen LogP contribution in [0.15, 0.2) is 0 Å². The van der Waals surface area contributed by atoms with Crippen molar-refractivity contribution in [3.05, 3.63) is 0 Å². The molecule has 2 N–H and O–H groups in total. The summed E-state index contributed by atoms with van der Waals surface area (Å²) in [4.78, 5) is 0. The van der Waals surface area contributed by atoms with E-state index in [2.05, 4.69) is 0 Å². The first-order chi connectivity index (χ1) is 5.49. The highest BCUT2D eigenvalue weighted by atomic mass is 16.5. The minimum Gasteiger partial charge on any atom is -0.351 e. The van der Waals surface area contributed by atoms with Crippen LogP contribution in [0, 0.1) is 50.7 Å². The van der Waals surface area contributed by atoms with E-state index in [9.17, 15) is 0 Å². The number of nitriles is 4. The van der Waals surface area contributed by atoms with E-state index in [0.717, 1.165) is 24.3 Å². The van der Waals surface area contributed by atoms with Crippen LogP contribution in [-0.2, 0) is 0 Å². The van der Waals surface area contributed by atoms with Crippen molar-refractivity contribution in [1.82, 2.24) is 0 Å². The molecule has 0 saturated carbocycles. The van der Waals surface area contributed by atoms with Gasteiger partial charge in [0, 0.05) is 0 Å². The molecule has 0 aromatic heterocycles. The van der Waals surface area contributed by atoms with Crippen LogP contribution >= 0.6 is 0 Å². The molecule has 0 saturated heterocycles. The third-order valence-corrected chi connectivity index (χ3v) is 1.18. The van der Waals surface area contributed by atoms with E-state index in [1.54, 1.807) is 0 Å². The summed E-state index contributed by atoms with van der Waals surface area (Å²) >= 11 is 0. The second kappa shape index (κ2) is 2.86. The SMILES string of the molecule is N#CC(O)(O)C(C#N)(C#N)C#N. The lowest BCUT2D eigenvalue weighted by atomic mass is 9.84. The Labute approximate surface area is 67.7 Å². The number of nitrogens with zero attached hydrogens (tertiary/aromatic N) is 4. The van der Waals surface area contributed by atoms with Crippen molar-refractivity contribution in [3.8, 4) is 24.3 Å². The quantitative estimate of drug-likeness (QED) is 0.365. The first-order valence-electron chi connectivity index (χ1n) is 2.59.